The van der Waals surface area contributed by atoms with Gasteiger partial charge in [0.05, 0.1) is 12.8 Å². The molecule has 0 fully saturated rings. The zero-order chi connectivity index (χ0) is 15.2. The molecule has 0 aliphatic heterocycles. The first kappa shape index (κ1) is 16.1. The van der Waals surface area contributed by atoms with Crippen LogP contribution in [0.1, 0.15) is 29.6 Å². The van der Waals surface area contributed by atoms with E-state index in [0.717, 1.165) is 0 Å². The van der Waals surface area contributed by atoms with Crippen molar-refractivity contribution in [1.29, 1.82) is 0 Å². The average Bonchev–Trinajstić information content (AvgIpc) is 2.37. The van der Waals surface area contributed by atoms with Crippen molar-refractivity contribution in [3.8, 4) is 5.75 Å². The largest absolute Gasteiger partial charge is 0.495 e. The molecule has 0 saturated heterocycles. The molecule has 0 heterocycles. The fourth-order valence-electron chi connectivity index (χ4n) is 1.61. The summed E-state index contributed by atoms with van der Waals surface area (Å²) in [5.41, 5.74) is 6.38. The van der Waals surface area contributed by atoms with E-state index in [4.69, 9.17) is 10.5 Å². The lowest BCUT2D eigenvalue weighted by Crippen LogP contribution is -2.24. The molecule has 0 aliphatic rings. The SMILES string of the molecule is COc1cc(C(=O)NCCCCC(F)(F)F)ccc1N. The minimum absolute atomic E-state index is 0.00512. The van der Waals surface area contributed by atoms with Crippen molar-refractivity contribution in [3.05, 3.63) is 23.8 Å². The summed E-state index contributed by atoms with van der Waals surface area (Å²) in [6, 6.07) is 4.56. The van der Waals surface area contributed by atoms with Crippen LogP contribution in [-0.4, -0.2) is 25.7 Å². The van der Waals surface area contributed by atoms with E-state index in [-0.39, 0.29) is 25.3 Å². The molecule has 0 unspecified atom stereocenters. The maximum absolute atomic E-state index is 11.9. The minimum Gasteiger partial charge on any atom is -0.495 e. The topological polar surface area (TPSA) is 64.3 Å². The predicted molar refractivity (Wildman–Crippen MR) is 69.6 cm³/mol. The molecular weight excluding hydrogens is 273 g/mol. The first-order valence-electron chi connectivity index (χ1n) is 6.12. The van der Waals surface area contributed by atoms with Gasteiger partial charge in [-0.05, 0) is 31.0 Å². The summed E-state index contributed by atoms with van der Waals surface area (Å²) in [6.07, 6.45) is -4.71. The smallest absolute Gasteiger partial charge is 0.389 e. The molecule has 7 heteroatoms. The quantitative estimate of drug-likeness (QED) is 0.625. The number of halogens is 3. The Morgan fingerprint density at radius 2 is 2.05 bits per heavy atom. The van der Waals surface area contributed by atoms with Crippen LogP contribution >= 0.6 is 0 Å². The van der Waals surface area contributed by atoms with E-state index >= 15 is 0 Å². The van der Waals surface area contributed by atoms with Crippen molar-refractivity contribution < 1.29 is 22.7 Å². The van der Waals surface area contributed by atoms with Gasteiger partial charge < -0.3 is 15.8 Å². The summed E-state index contributed by atoms with van der Waals surface area (Å²) < 4.78 is 40.7. The lowest BCUT2D eigenvalue weighted by Gasteiger charge is -2.09. The highest BCUT2D eigenvalue weighted by Crippen LogP contribution is 2.23. The van der Waals surface area contributed by atoms with Gasteiger partial charge in [-0.1, -0.05) is 0 Å². The Kier molecular flexibility index (Phi) is 5.66. The molecule has 0 bridgehead atoms. The fraction of sp³-hybridized carbons (Fsp3) is 0.462. The number of nitrogen functional groups attached to an aromatic ring is 1. The molecule has 0 saturated carbocycles. The maximum Gasteiger partial charge on any atom is 0.389 e. The summed E-state index contributed by atoms with van der Waals surface area (Å²) in [4.78, 5) is 11.8. The Bertz CT molecular complexity index is 461. The van der Waals surface area contributed by atoms with E-state index in [9.17, 15) is 18.0 Å². The van der Waals surface area contributed by atoms with Crippen LogP contribution in [0.4, 0.5) is 18.9 Å². The third kappa shape index (κ3) is 5.38. The van der Waals surface area contributed by atoms with Gasteiger partial charge in [-0.15, -0.1) is 0 Å². The molecule has 0 aromatic heterocycles. The van der Waals surface area contributed by atoms with Crippen molar-refractivity contribution in [2.24, 2.45) is 0 Å². The van der Waals surface area contributed by atoms with Gasteiger partial charge in [0.1, 0.15) is 5.75 Å². The number of nitrogens with one attached hydrogen (secondary N) is 1. The van der Waals surface area contributed by atoms with Crippen LogP contribution < -0.4 is 15.8 Å². The molecule has 1 rings (SSSR count). The minimum atomic E-state index is -4.14. The van der Waals surface area contributed by atoms with Crippen LogP contribution in [-0.2, 0) is 0 Å². The summed E-state index contributed by atoms with van der Waals surface area (Å²) in [5, 5.41) is 2.55. The number of hydrogen-bond donors (Lipinski definition) is 2. The van der Waals surface area contributed by atoms with Crippen molar-refractivity contribution in [3.63, 3.8) is 0 Å². The van der Waals surface area contributed by atoms with Gasteiger partial charge in [0.2, 0.25) is 0 Å². The number of carbonyl (C=O) groups excluding carboxylic acids is 1. The van der Waals surface area contributed by atoms with E-state index in [1.165, 1.54) is 25.3 Å². The third-order valence-corrected chi connectivity index (χ3v) is 2.67. The molecule has 1 aromatic carbocycles. The fourth-order valence-corrected chi connectivity index (χ4v) is 1.61. The highest BCUT2D eigenvalue weighted by Gasteiger charge is 2.25. The van der Waals surface area contributed by atoms with Crippen molar-refractivity contribution in [1.82, 2.24) is 5.32 Å². The Morgan fingerprint density at radius 1 is 1.35 bits per heavy atom. The van der Waals surface area contributed by atoms with Crippen LogP contribution in [0, 0.1) is 0 Å². The first-order chi connectivity index (χ1) is 9.33. The second kappa shape index (κ2) is 7.02. The zero-order valence-electron chi connectivity index (χ0n) is 11.1. The lowest BCUT2D eigenvalue weighted by atomic mass is 10.1. The molecule has 1 aromatic rings. The first-order valence-corrected chi connectivity index (χ1v) is 6.12. The normalized spacial score (nSPS) is 11.2. The van der Waals surface area contributed by atoms with Crippen LogP contribution in [0.25, 0.3) is 0 Å². The Hall–Kier alpha value is -1.92. The van der Waals surface area contributed by atoms with Crippen LogP contribution in [0.2, 0.25) is 0 Å². The number of alkyl halides is 3. The molecule has 0 spiro atoms. The summed E-state index contributed by atoms with van der Waals surface area (Å²) >= 11 is 0. The molecule has 3 N–H and O–H groups in total. The van der Waals surface area contributed by atoms with Crippen molar-refractivity contribution >= 4 is 11.6 Å². The zero-order valence-corrected chi connectivity index (χ0v) is 11.1. The molecule has 112 valence electrons. The highest BCUT2D eigenvalue weighted by molar-refractivity contribution is 5.95. The Balaban J connectivity index is 2.40. The second-order valence-electron chi connectivity index (χ2n) is 4.28. The van der Waals surface area contributed by atoms with Gasteiger partial charge in [-0.3, -0.25) is 4.79 Å². The maximum atomic E-state index is 11.9. The molecule has 4 nitrogen and oxygen atoms in total. The average molecular weight is 290 g/mol. The summed E-state index contributed by atoms with van der Waals surface area (Å²) in [7, 11) is 1.44. The number of amides is 1. The lowest BCUT2D eigenvalue weighted by molar-refractivity contribution is -0.135. The van der Waals surface area contributed by atoms with E-state index in [2.05, 4.69) is 5.32 Å². The van der Waals surface area contributed by atoms with Gasteiger partial charge in [0.25, 0.3) is 5.91 Å². The third-order valence-electron chi connectivity index (χ3n) is 2.67. The number of hydrogen-bond acceptors (Lipinski definition) is 3. The number of ether oxygens (including phenoxy) is 1. The Morgan fingerprint density at radius 3 is 2.65 bits per heavy atom. The number of benzene rings is 1. The molecule has 0 aliphatic carbocycles. The van der Waals surface area contributed by atoms with E-state index in [1.54, 1.807) is 0 Å². The number of anilines is 1. The van der Waals surface area contributed by atoms with Gasteiger partial charge in [-0.25, -0.2) is 0 Å². The standard InChI is InChI=1S/C13H17F3N2O2/c1-20-11-8-9(4-5-10(11)17)12(19)18-7-3-2-6-13(14,15)16/h4-5,8H,2-3,6-7,17H2,1H3,(H,18,19). The van der Waals surface area contributed by atoms with Crippen LogP contribution in [0.3, 0.4) is 0 Å². The number of carbonyl (C=O) groups is 1. The number of unbranched alkanes of at least 4 members (excludes halogenated alkanes) is 1. The van der Waals surface area contributed by atoms with E-state index in [0.29, 0.717) is 17.0 Å². The summed E-state index contributed by atoms with van der Waals surface area (Å²) in [5.74, 6) is 0.0185. The van der Waals surface area contributed by atoms with E-state index in [1.807, 2.05) is 0 Å². The number of methoxy groups -OCH3 is 1. The molecule has 20 heavy (non-hydrogen) atoms. The van der Waals surface area contributed by atoms with Gasteiger partial charge in [-0.2, -0.15) is 13.2 Å². The molecule has 0 atom stereocenters. The highest BCUT2D eigenvalue weighted by atomic mass is 19.4. The van der Waals surface area contributed by atoms with Gasteiger partial charge >= 0.3 is 6.18 Å². The van der Waals surface area contributed by atoms with E-state index < -0.39 is 12.6 Å². The van der Waals surface area contributed by atoms with Gasteiger partial charge in [0.15, 0.2) is 0 Å². The monoisotopic (exact) mass is 290 g/mol. The molecular formula is C13H17F3N2O2. The Labute approximate surface area is 115 Å². The van der Waals surface area contributed by atoms with Crippen molar-refractivity contribution in [2.75, 3.05) is 19.4 Å². The number of rotatable bonds is 6. The molecule has 0 radical (unpaired) electrons. The van der Waals surface area contributed by atoms with Crippen LogP contribution in [0.15, 0.2) is 18.2 Å². The predicted octanol–water partition coefficient (Wildman–Crippen LogP) is 2.74. The van der Waals surface area contributed by atoms with Gasteiger partial charge in [0, 0.05) is 18.5 Å². The second-order valence-corrected chi connectivity index (χ2v) is 4.28. The molecule has 1 amide bonds. The summed E-state index contributed by atoms with van der Waals surface area (Å²) in [6.45, 7) is 0.196. The van der Waals surface area contributed by atoms with Crippen LogP contribution in [0.5, 0.6) is 5.75 Å². The van der Waals surface area contributed by atoms with Crippen molar-refractivity contribution in [2.45, 2.75) is 25.4 Å². The number of nitrogens with two attached hydrogens (primary N) is 1.